The Kier molecular flexibility index (Phi) is 7.23. The van der Waals surface area contributed by atoms with Crippen LogP contribution in [0.1, 0.15) is 24.4 Å². The number of hydrogen-bond acceptors (Lipinski definition) is 4. The van der Waals surface area contributed by atoms with Crippen molar-refractivity contribution in [2.24, 2.45) is 0 Å². The van der Waals surface area contributed by atoms with E-state index < -0.39 is 4.46 Å². The van der Waals surface area contributed by atoms with Gasteiger partial charge in [-0.2, -0.15) is 0 Å². The first-order valence-electron chi connectivity index (χ1n) is 9.75. The predicted molar refractivity (Wildman–Crippen MR) is 111 cm³/mol. The summed E-state index contributed by atoms with van der Waals surface area (Å²) in [6.45, 7) is 8.26. The maximum atomic E-state index is 6.97. The van der Waals surface area contributed by atoms with E-state index in [1.165, 1.54) is 12.0 Å². The number of halogens is 2. The Bertz CT molecular complexity index is 554. The molecular formula is C20H32Cl2N4. The van der Waals surface area contributed by atoms with E-state index in [0.717, 1.165) is 52.4 Å². The number of benzene rings is 1. The van der Waals surface area contributed by atoms with Gasteiger partial charge in [0.25, 0.3) is 0 Å². The third kappa shape index (κ3) is 5.34. The van der Waals surface area contributed by atoms with Crippen molar-refractivity contribution in [3.05, 3.63) is 35.9 Å². The normalized spacial score (nSPS) is 32.2. The van der Waals surface area contributed by atoms with Crippen molar-refractivity contribution < 1.29 is 0 Å². The first-order chi connectivity index (χ1) is 12.5. The lowest BCUT2D eigenvalue weighted by molar-refractivity contribution is 0.0895. The van der Waals surface area contributed by atoms with E-state index in [1.54, 1.807) is 0 Å². The number of likely N-dealkylation sites (N-methyl/N-ethyl adjacent to an activating group) is 2. The minimum Gasteiger partial charge on any atom is -0.305 e. The summed E-state index contributed by atoms with van der Waals surface area (Å²) in [6, 6.07) is 10.9. The summed E-state index contributed by atoms with van der Waals surface area (Å²) < 4.78 is -0.863. The highest BCUT2D eigenvalue weighted by Gasteiger charge is 2.37. The SMILES string of the molecule is CN1CCCN2CCN(C)C(c3ccccc3)CC(Cl)(Cl)N(CC1)CC2. The van der Waals surface area contributed by atoms with E-state index in [4.69, 9.17) is 23.2 Å². The Morgan fingerprint density at radius 3 is 2.31 bits per heavy atom. The van der Waals surface area contributed by atoms with Gasteiger partial charge < -0.3 is 9.80 Å². The molecule has 0 spiro atoms. The van der Waals surface area contributed by atoms with Gasteiger partial charge in [0.05, 0.1) is 0 Å². The van der Waals surface area contributed by atoms with Gasteiger partial charge in [0.15, 0.2) is 4.46 Å². The van der Waals surface area contributed by atoms with Gasteiger partial charge in [-0.05, 0) is 39.2 Å². The summed E-state index contributed by atoms with van der Waals surface area (Å²) in [6.07, 6.45) is 1.93. The Hall–Kier alpha value is -0.360. The van der Waals surface area contributed by atoms with E-state index in [-0.39, 0.29) is 6.04 Å². The molecule has 1 aromatic rings. The molecule has 4 nitrogen and oxygen atoms in total. The number of alkyl halides is 2. The number of fused-ring (bicyclic) bond motifs is 3. The monoisotopic (exact) mass is 398 g/mol. The summed E-state index contributed by atoms with van der Waals surface area (Å²) in [5.41, 5.74) is 1.29. The van der Waals surface area contributed by atoms with Gasteiger partial charge in [-0.15, -0.1) is 0 Å². The average Bonchev–Trinajstić information content (AvgIpc) is 2.63. The third-order valence-corrected chi connectivity index (χ3v) is 6.63. The fraction of sp³-hybridized carbons (Fsp3) is 0.700. The molecule has 2 fully saturated rings. The Labute approximate surface area is 168 Å². The van der Waals surface area contributed by atoms with Crippen molar-refractivity contribution in [2.75, 3.05) is 66.5 Å². The van der Waals surface area contributed by atoms with E-state index in [9.17, 15) is 0 Å². The number of rotatable bonds is 1. The standard InChI is InChI=1S/C20H32Cl2N4/c1-23-9-6-10-25-13-12-24(2)19(18-7-4-3-5-8-18)17-20(21,22)26(15-11-23)16-14-25/h3-5,7-8,19H,6,9-17H2,1-2H3. The molecule has 2 bridgehead atoms. The smallest absolute Gasteiger partial charge is 0.173 e. The quantitative estimate of drug-likeness (QED) is 0.531. The van der Waals surface area contributed by atoms with Crippen LogP contribution in [-0.2, 0) is 0 Å². The molecule has 0 radical (unpaired) electrons. The zero-order valence-corrected chi connectivity index (χ0v) is 17.6. The number of nitrogens with zero attached hydrogens (tertiary/aromatic N) is 4. The van der Waals surface area contributed by atoms with Crippen molar-refractivity contribution in [1.82, 2.24) is 19.6 Å². The molecule has 3 rings (SSSR count). The minimum atomic E-state index is -0.863. The highest BCUT2D eigenvalue weighted by molar-refractivity contribution is 6.48. The van der Waals surface area contributed by atoms with E-state index in [0.29, 0.717) is 6.42 Å². The molecule has 26 heavy (non-hydrogen) atoms. The van der Waals surface area contributed by atoms with Gasteiger partial charge >= 0.3 is 0 Å². The second-order valence-electron chi connectivity index (χ2n) is 7.76. The van der Waals surface area contributed by atoms with Crippen molar-refractivity contribution in [2.45, 2.75) is 23.3 Å². The van der Waals surface area contributed by atoms with Crippen LogP contribution in [0, 0.1) is 0 Å². The lowest BCUT2D eigenvalue weighted by atomic mass is 10.0. The summed E-state index contributed by atoms with van der Waals surface area (Å²) in [5, 5.41) is 0. The molecule has 0 amide bonds. The first kappa shape index (κ1) is 20.4. The highest BCUT2D eigenvalue weighted by atomic mass is 35.5. The molecule has 3 atom stereocenters. The molecule has 0 aliphatic carbocycles. The van der Waals surface area contributed by atoms with Gasteiger partial charge in [-0.25, -0.2) is 0 Å². The fourth-order valence-corrected chi connectivity index (χ4v) is 4.65. The average molecular weight is 399 g/mol. The molecule has 0 N–H and O–H groups in total. The van der Waals surface area contributed by atoms with Crippen molar-refractivity contribution in [3.8, 4) is 0 Å². The second kappa shape index (κ2) is 9.22. The zero-order chi connectivity index (χ0) is 18.6. The first-order valence-corrected chi connectivity index (χ1v) is 10.5. The molecule has 0 saturated carbocycles. The highest BCUT2D eigenvalue weighted by Crippen LogP contribution is 2.38. The van der Waals surface area contributed by atoms with E-state index >= 15 is 0 Å². The van der Waals surface area contributed by atoms with Crippen LogP contribution in [0.2, 0.25) is 0 Å². The lowest BCUT2D eigenvalue weighted by Crippen LogP contribution is -2.52. The lowest BCUT2D eigenvalue weighted by Gasteiger charge is -2.43. The van der Waals surface area contributed by atoms with Crippen LogP contribution in [0.5, 0.6) is 0 Å². The molecule has 2 heterocycles. The topological polar surface area (TPSA) is 13.0 Å². The van der Waals surface area contributed by atoms with E-state index in [1.807, 2.05) is 0 Å². The molecule has 2 aliphatic heterocycles. The molecule has 0 aromatic heterocycles. The van der Waals surface area contributed by atoms with Crippen molar-refractivity contribution >= 4 is 23.2 Å². The van der Waals surface area contributed by atoms with Crippen LogP contribution < -0.4 is 0 Å². The maximum Gasteiger partial charge on any atom is 0.173 e. The molecular weight excluding hydrogens is 367 g/mol. The van der Waals surface area contributed by atoms with Crippen molar-refractivity contribution in [1.29, 1.82) is 0 Å². The van der Waals surface area contributed by atoms with E-state index in [2.05, 4.69) is 64.0 Å². The summed E-state index contributed by atoms with van der Waals surface area (Å²) in [5.74, 6) is 0. The summed E-state index contributed by atoms with van der Waals surface area (Å²) in [4.78, 5) is 9.66. The fourth-order valence-electron chi connectivity index (χ4n) is 4.02. The van der Waals surface area contributed by atoms with Crippen LogP contribution in [0.15, 0.2) is 30.3 Å². The van der Waals surface area contributed by atoms with Gasteiger partial charge in [-0.3, -0.25) is 9.80 Å². The van der Waals surface area contributed by atoms with Crippen LogP contribution in [-0.4, -0.2) is 90.5 Å². The predicted octanol–water partition coefficient (Wildman–Crippen LogP) is 3.13. The minimum absolute atomic E-state index is 0.217. The Morgan fingerprint density at radius 1 is 0.846 bits per heavy atom. The Morgan fingerprint density at radius 2 is 1.54 bits per heavy atom. The molecule has 3 unspecified atom stereocenters. The van der Waals surface area contributed by atoms with Crippen LogP contribution in [0.25, 0.3) is 0 Å². The third-order valence-electron chi connectivity index (χ3n) is 5.84. The van der Waals surface area contributed by atoms with Crippen LogP contribution >= 0.6 is 23.2 Å². The molecule has 146 valence electrons. The van der Waals surface area contributed by atoms with Gasteiger partial charge in [0, 0.05) is 51.7 Å². The molecule has 2 aliphatic rings. The van der Waals surface area contributed by atoms with Crippen molar-refractivity contribution in [3.63, 3.8) is 0 Å². The van der Waals surface area contributed by atoms with Gasteiger partial charge in [-0.1, -0.05) is 53.5 Å². The largest absolute Gasteiger partial charge is 0.305 e. The summed E-state index contributed by atoms with van der Waals surface area (Å²) in [7, 11) is 4.39. The maximum absolute atomic E-state index is 6.97. The molecule has 1 aromatic carbocycles. The number of hydrogen-bond donors (Lipinski definition) is 0. The second-order valence-corrected chi connectivity index (χ2v) is 9.21. The summed E-state index contributed by atoms with van der Waals surface area (Å²) >= 11 is 13.9. The molecule has 2 saturated heterocycles. The van der Waals surface area contributed by atoms with Gasteiger partial charge in [0.1, 0.15) is 0 Å². The zero-order valence-electron chi connectivity index (χ0n) is 16.1. The van der Waals surface area contributed by atoms with Crippen LogP contribution in [0.4, 0.5) is 0 Å². The van der Waals surface area contributed by atoms with Crippen LogP contribution in [0.3, 0.4) is 0 Å². The molecule has 6 heteroatoms. The Balaban J connectivity index is 1.87. The van der Waals surface area contributed by atoms with Gasteiger partial charge in [0.2, 0.25) is 0 Å².